The molecule has 0 radical (unpaired) electrons. The van der Waals surface area contributed by atoms with Gasteiger partial charge in [0.25, 0.3) is 0 Å². The van der Waals surface area contributed by atoms with Crippen LogP contribution in [0.15, 0.2) is 34.4 Å². The lowest BCUT2D eigenvalue weighted by Crippen LogP contribution is -2.41. The van der Waals surface area contributed by atoms with Crippen molar-refractivity contribution in [3.63, 3.8) is 0 Å². The summed E-state index contributed by atoms with van der Waals surface area (Å²) >= 11 is 0. The summed E-state index contributed by atoms with van der Waals surface area (Å²) in [4.78, 5) is 9.38. The maximum absolute atomic E-state index is 6.15. The van der Waals surface area contributed by atoms with Crippen molar-refractivity contribution in [1.29, 1.82) is 0 Å². The first-order valence-corrected chi connectivity index (χ1v) is 6.61. The van der Waals surface area contributed by atoms with E-state index in [1.807, 2.05) is 36.0 Å². The molecule has 0 atom stereocenters. The minimum absolute atomic E-state index is 0.198. The molecule has 4 nitrogen and oxygen atoms in total. The second-order valence-corrected chi connectivity index (χ2v) is 5.22. The van der Waals surface area contributed by atoms with Gasteiger partial charge >= 0.3 is 0 Å². The Morgan fingerprint density at radius 1 is 1.22 bits per heavy atom. The van der Waals surface area contributed by atoms with Gasteiger partial charge in [0.1, 0.15) is 18.4 Å². The molecular formula is C14H19N4+. The van der Waals surface area contributed by atoms with Crippen LogP contribution in [0.25, 0.3) is 0 Å². The van der Waals surface area contributed by atoms with Gasteiger partial charge in [-0.15, -0.1) is 0 Å². The number of hydrogen-bond donors (Lipinski definition) is 1. The highest BCUT2D eigenvalue weighted by atomic mass is 15.1. The first-order valence-electron chi connectivity index (χ1n) is 6.61. The Balaban J connectivity index is 2.00. The lowest BCUT2D eigenvalue weighted by atomic mass is 9.82. The minimum Gasteiger partial charge on any atom is -0.385 e. The van der Waals surface area contributed by atoms with E-state index in [0.29, 0.717) is 5.84 Å². The Kier molecular flexibility index (Phi) is 2.65. The summed E-state index contributed by atoms with van der Waals surface area (Å²) in [5.41, 5.74) is 6.98. The number of pyridine rings is 1. The molecule has 0 saturated heterocycles. The quantitative estimate of drug-likeness (QED) is 0.743. The van der Waals surface area contributed by atoms with Crippen LogP contribution >= 0.6 is 0 Å². The van der Waals surface area contributed by atoms with Crippen molar-refractivity contribution >= 4 is 11.7 Å². The fourth-order valence-corrected chi connectivity index (χ4v) is 2.88. The van der Waals surface area contributed by atoms with Crippen molar-refractivity contribution in [2.24, 2.45) is 22.8 Å². The van der Waals surface area contributed by atoms with Crippen LogP contribution < -0.4 is 10.3 Å². The van der Waals surface area contributed by atoms with Gasteiger partial charge in [-0.3, -0.25) is 0 Å². The van der Waals surface area contributed by atoms with Crippen LogP contribution in [0.5, 0.6) is 0 Å². The van der Waals surface area contributed by atoms with Gasteiger partial charge in [0.2, 0.25) is 11.5 Å². The van der Waals surface area contributed by atoms with Gasteiger partial charge in [0.15, 0.2) is 6.20 Å². The molecule has 0 amide bonds. The predicted octanol–water partition coefficient (Wildman–Crippen LogP) is 1.33. The van der Waals surface area contributed by atoms with E-state index in [4.69, 9.17) is 10.7 Å². The lowest BCUT2D eigenvalue weighted by Gasteiger charge is -2.29. The van der Waals surface area contributed by atoms with Gasteiger partial charge in [-0.2, -0.15) is 4.57 Å². The average molecular weight is 243 g/mol. The Hall–Kier alpha value is -1.71. The standard InChI is InChI=1S/C14H19N4/c1-18-10-6-3-7-11(18)12-16-13(15)14(17-12)8-4-2-5-9-14/h3,6-7,10H,2,4-5,8-9H2,1H3,(H2,15,16,17)/q+1. The van der Waals surface area contributed by atoms with E-state index in [1.165, 1.54) is 19.3 Å². The summed E-state index contributed by atoms with van der Waals surface area (Å²) in [6.07, 6.45) is 7.79. The van der Waals surface area contributed by atoms with E-state index < -0.39 is 0 Å². The van der Waals surface area contributed by atoms with Crippen LogP contribution in [-0.4, -0.2) is 17.2 Å². The van der Waals surface area contributed by atoms with Gasteiger partial charge in [-0.1, -0.05) is 19.3 Å². The number of hydrogen-bond acceptors (Lipinski definition) is 3. The number of aliphatic imine (C=N–C) groups is 2. The number of nitrogens with zero attached hydrogens (tertiary/aromatic N) is 3. The SMILES string of the molecule is C[n+]1ccccc1C1=NC2(CCCCC2)C(N)=N1. The largest absolute Gasteiger partial charge is 0.385 e. The van der Waals surface area contributed by atoms with Crippen LogP contribution in [0.4, 0.5) is 0 Å². The van der Waals surface area contributed by atoms with Gasteiger partial charge in [0.05, 0.1) is 0 Å². The third kappa shape index (κ3) is 1.72. The lowest BCUT2D eigenvalue weighted by molar-refractivity contribution is -0.672. The molecule has 1 fully saturated rings. The third-order valence-electron chi connectivity index (χ3n) is 3.99. The fourth-order valence-electron chi connectivity index (χ4n) is 2.88. The summed E-state index contributed by atoms with van der Waals surface area (Å²) in [5, 5.41) is 0. The molecule has 1 aromatic rings. The maximum Gasteiger partial charge on any atom is 0.249 e. The second kappa shape index (κ2) is 4.19. The molecule has 1 spiro atoms. The summed E-state index contributed by atoms with van der Waals surface area (Å²) in [6.45, 7) is 0. The smallest absolute Gasteiger partial charge is 0.249 e. The van der Waals surface area contributed by atoms with Crippen LogP contribution in [0, 0.1) is 0 Å². The molecular weight excluding hydrogens is 224 g/mol. The zero-order chi connectivity index (χ0) is 12.6. The van der Waals surface area contributed by atoms with Crippen LogP contribution in [0.1, 0.15) is 37.8 Å². The Bertz CT molecular complexity index is 524. The molecule has 94 valence electrons. The first kappa shape index (κ1) is 11.4. The Morgan fingerprint density at radius 2 is 2.00 bits per heavy atom. The molecule has 0 bridgehead atoms. The van der Waals surface area contributed by atoms with Crippen molar-refractivity contribution in [2.45, 2.75) is 37.6 Å². The van der Waals surface area contributed by atoms with E-state index in [-0.39, 0.29) is 5.54 Å². The highest BCUT2D eigenvalue weighted by molar-refractivity contribution is 6.12. The van der Waals surface area contributed by atoms with Crippen molar-refractivity contribution in [3.8, 4) is 0 Å². The average Bonchev–Trinajstić information content (AvgIpc) is 2.68. The predicted molar refractivity (Wildman–Crippen MR) is 71.6 cm³/mol. The summed E-state index contributed by atoms with van der Waals surface area (Å²) in [5.74, 6) is 1.50. The molecule has 1 aromatic heterocycles. The van der Waals surface area contributed by atoms with Crippen LogP contribution in [-0.2, 0) is 7.05 Å². The molecule has 1 aliphatic heterocycles. The highest BCUT2D eigenvalue weighted by Gasteiger charge is 2.41. The van der Waals surface area contributed by atoms with Crippen LogP contribution in [0.3, 0.4) is 0 Å². The monoisotopic (exact) mass is 243 g/mol. The van der Waals surface area contributed by atoms with Crippen molar-refractivity contribution < 1.29 is 4.57 Å². The molecule has 0 unspecified atom stereocenters. The van der Waals surface area contributed by atoms with Gasteiger partial charge in [0, 0.05) is 12.1 Å². The molecule has 2 aliphatic rings. The molecule has 2 N–H and O–H groups in total. The molecule has 18 heavy (non-hydrogen) atoms. The van der Waals surface area contributed by atoms with Crippen molar-refractivity contribution in [3.05, 3.63) is 30.1 Å². The topological polar surface area (TPSA) is 54.6 Å². The van der Waals surface area contributed by atoms with E-state index in [2.05, 4.69) is 4.99 Å². The van der Waals surface area contributed by atoms with E-state index in [0.717, 1.165) is 24.4 Å². The number of aryl methyl sites for hydroxylation is 1. The molecule has 2 heterocycles. The Morgan fingerprint density at radius 3 is 2.72 bits per heavy atom. The zero-order valence-corrected chi connectivity index (χ0v) is 10.8. The summed E-state index contributed by atoms with van der Waals surface area (Å²) < 4.78 is 2.04. The van der Waals surface area contributed by atoms with Crippen molar-refractivity contribution in [2.75, 3.05) is 0 Å². The number of rotatable bonds is 1. The van der Waals surface area contributed by atoms with Crippen molar-refractivity contribution in [1.82, 2.24) is 0 Å². The first-order chi connectivity index (χ1) is 8.71. The molecule has 3 rings (SSSR count). The van der Waals surface area contributed by atoms with E-state index >= 15 is 0 Å². The minimum atomic E-state index is -0.198. The third-order valence-corrected chi connectivity index (χ3v) is 3.99. The zero-order valence-electron chi connectivity index (χ0n) is 10.8. The van der Waals surface area contributed by atoms with E-state index in [1.54, 1.807) is 0 Å². The molecule has 1 aliphatic carbocycles. The number of aromatic nitrogens is 1. The highest BCUT2D eigenvalue weighted by Crippen LogP contribution is 2.35. The summed E-state index contributed by atoms with van der Waals surface area (Å²) in [6, 6.07) is 6.05. The number of nitrogens with two attached hydrogens (primary N) is 1. The normalized spacial score (nSPS) is 21.8. The maximum atomic E-state index is 6.15. The van der Waals surface area contributed by atoms with Crippen LogP contribution in [0.2, 0.25) is 0 Å². The fraction of sp³-hybridized carbons (Fsp3) is 0.500. The molecule has 4 heteroatoms. The Labute approximate surface area is 107 Å². The van der Waals surface area contributed by atoms with E-state index in [9.17, 15) is 0 Å². The second-order valence-electron chi connectivity index (χ2n) is 5.22. The molecule has 1 saturated carbocycles. The van der Waals surface area contributed by atoms with Gasteiger partial charge < -0.3 is 5.73 Å². The van der Waals surface area contributed by atoms with Gasteiger partial charge in [-0.25, -0.2) is 9.98 Å². The number of amidine groups is 2. The van der Waals surface area contributed by atoms with Gasteiger partial charge in [-0.05, 0) is 18.9 Å². The molecule has 0 aromatic carbocycles. The summed E-state index contributed by atoms with van der Waals surface area (Å²) in [7, 11) is 2.01.